The molecule has 0 aliphatic carbocycles. The van der Waals surface area contributed by atoms with E-state index in [1.807, 2.05) is 0 Å². The highest BCUT2D eigenvalue weighted by molar-refractivity contribution is 7.89. The molecule has 1 N–H and O–H groups in total. The molecular formula is C20H24F2N2O6S. The van der Waals surface area contributed by atoms with Gasteiger partial charge in [0.05, 0.1) is 13.7 Å². The summed E-state index contributed by atoms with van der Waals surface area (Å²) in [5.74, 6) is -0.318. The lowest BCUT2D eigenvalue weighted by Gasteiger charge is -2.19. The van der Waals surface area contributed by atoms with Gasteiger partial charge in [-0.2, -0.15) is 8.78 Å². The van der Waals surface area contributed by atoms with Crippen LogP contribution in [0.1, 0.15) is 15.9 Å². The molecule has 0 heterocycles. The van der Waals surface area contributed by atoms with E-state index in [1.54, 1.807) is 19.2 Å². The second-order valence-electron chi connectivity index (χ2n) is 6.44. The third-order valence-corrected chi connectivity index (χ3v) is 5.70. The van der Waals surface area contributed by atoms with Crippen LogP contribution in [0.15, 0.2) is 47.4 Å². The highest BCUT2D eigenvalue weighted by atomic mass is 32.2. The Morgan fingerprint density at radius 3 is 2.39 bits per heavy atom. The molecule has 8 nitrogen and oxygen atoms in total. The number of hydrogen-bond acceptors (Lipinski definition) is 6. The molecule has 2 aromatic rings. The first-order chi connectivity index (χ1) is 14.7. The first-order valence-electron chi connectivity index (χ1n) is 9.13. The summed E-state index contributed by atoms with van der Waals surface area (Å²) in [7, 11) is 0.391. The van der Waals surface area contributed by atoms with E-state index in [9.17, 15) is 22.0 Å². The van der Waals surface area contributed by atoms with Crippen LogP contribution in [0, 0.1) is 0 Å². The summed E-state index contributed by atoms with van der Waals surface area (Å²) in [6, 6.07) is 9.99. The smallest absolute Gasteiger partial charge is 0.387 e. The summed E-state index contributed by atoms with van der Waals surface area (Å²) in [5.41, 5.74) is 0.827. The number of nitrogens with zero attached hydrogens (tertiary/aromatic N) is 1. The Morgan fingerprint density at radius 2 is 1.81 bits per heavy atom. The van der Waals surface area contributed by atoms with Crippen LogP contribution in [0.3, 0.4) is 0 Å². The summed E-state index contributed by atoms with van der Waals surface area (Å²) in [4.78, 5) is 14.0. The lowest BCUT2D eigenvalue weighted by atomic mass is 10.1. The number of methoxy groups -OCH3 is 2. The van der Waals surface area contributed by atoms with Crippen LogP contribution in [0.25, 0.3) is 0 Å². The van der Waals surface area contributed by atoms with Crippen molar-refractivity contribution in [2.45, 2.75) is 18.1 Å². The summed E-state index contributed by atoms with van der Waals surface area (Å²) in [6.07, 6.45) is 0. The van der Waals surface area contributed by atoms with Gasteiger partial charge in [0.15, 0.2) is 0 Å². The molecule has 2 aromatic carbocycles. The summed E-state index contributed by atoms with van der Waals surface area (Å²) < 4.78 is 66.3. The van der Waals surface area contributed by atoms with Gasteiger partial charge >= 0.3 is 6.61 Å². The fourth-order valence-corrected chi connectivity index (χ4v) is 3.92. The van der Waals surface area contributed by atoms with E-state index in [0.717, 1.165) is 0 Å². The first kappa shape index (κ1) is 24.5. The van der Waals surface area contributed by atoms with Gasteiger partial charge < -0.3 is 19.1 Å². The van der Waals surface area contributed by atoms with Crippen LogP contribution in [0.5, 0.6) is 11.5 Å². The van der Waals surface area contributed by atoms with Crippen molar-refractivity contribution in [3.8, 4) is 11.5 Å². The molecule has 0 aliphatic heterocycles. The predicted molar refractivity (Wildman–Crippen MR) is 109 cm³/mol. The van der Waals surface area contributed by atoms with Gasteiger partial charge in [0.2, 0.25) is 10.0 Å². The molecule has 0 fully saturated rings. The molecule has 11 heteroatoms. The number of ether oxygens (including phenoxy) is 3. The van der Waals surface area contributed by atoms with Crippen molar-refractivity contribution >= 4 is 15.9 Å². The minimum atomic E-state index is -3.93. The second-order valence-corrected chi connectivity index (χ2v) is 8.18. The maximum absolute atomic E-state index is 12.8. The Balaban J connectivity index is 2.18. The number of sulfonamides is 1. The highest BCUT2D eigenvalue weighted by Crippen LogP contribution is 2.25. The molecule has 0 aromatic heterocycles. The molecule has 0 saturated heterocycles. The number of alkyl halides is 2. The fraction of sp³-hybridized carbons (Fsp3) is 0.350. The van der Waals surface area contributed by atoms with Gasteiger partial charge in [0.25, 0.3) is 5.91 Å². The van der Waals surface area contributed by atoms with Crippen molar-refractivity contribution in [3.63, 3.8) is 0 Å². The lowest BCUT2D eigenvalue weighted by molar-refractivity contribution is -0.0498. The van der Waals surface area contributed by atoms with E-state index in [-0.39, 0.29) is 41.7 Å². The zero-order chi connectivity index (χ0) is 23.0. The Hall–Kier alpha value is -2.76. The molecule has 0 saturated carbocycles. The number of carbonyl (C=O) groups is 1. The van der Waals surface area contributed by atoms with E-state index in [2.05, 4.69) is 9.46 Å². The Kier molecular flexibility index (Phi) is 8.72. The van der Waals surface area contributed by atoms with Crippen LogP contribution < -0.4 is 14.2 Å². The number of carbonyl (C=O) groups excluding carboxylic acids is 1. The molecule has 170 valence electrons. The van der Waals surface area contributed by atoms with E-state index < -0.39 is 22.5 Å². The normalized spacial score (nSPS) is 11.4. The molecule has 0 radical (unpaired) electrons. The van der Waals surface area contributed by atoms with Gasteiger partial charge in [-0.1, -0.05) is 12.1 Å². The largest absolute Gasteiger partial charge is 0.495 e. The van der Waals surface area contributed by atoms with Crippen molar-refractivity contribution in [1.82, 2.24) is 9.62 Å². The van der Waals surface area contributed by atoms with E-state index in [4.69, 9.17) is 9.47 Å². The number of amides is 1. The number of hydrogen-bond donors (Lipinski definition) is 1. The third-order valence-electron chi connectivity index (χ3n) is 4.21. The molecule has 2 rings (SSSR count). The van der Waals surface area contributed by atoms with Gasteiger partial charge in [0.1, 0.15) is 16.4 Å². The standard InChI is InChI=1S/C20H24F2N2O6S/c1-24(13-14-4-7-16(8-5-14)30-20(21)22)19(25)15-6-9-17(29-3)18(12-15)31(26,27)23-10-11-28-2/h4-9,12,20,23H,10-11,13H2,1-3H3. The zero-order valence-electron chi connectivity index (χ0n) is 17.3. The summed E-state index contributed by atoms with van der Waals surface area (Å²) in [5, 5.41) is 0. The van der Waals surface area contributed by atoms with E-state index >= 15 is 0 Å². The van der Waals surface area contributed by atoms with E-state index in [0.29, 0.717) is 5.56 Å². The third kappa shape index (κ3) is 6.88. The monoisotopic (exact) mass is 458 g/mol. The summed E-state index contributed by atoms with van der Waals surface area (Å²) >= 11 is 0. The minimum Gasteiger partial charge on any atom is -0.495 e. The first-order valence-corrected chi connectivity index (χ1v) is 10.6. The van der Waals surface area contributed by atoms with Crippen LogP contribution in [-0.4, -0.2) is 60.3 Å². The summed E-state index contributed by atoms with van der Waals surface area (Å²) in [6.45, 7) is -2.50. The number of halogens is 2. The number of rotatable bonds is 11. The Morgan fingerprint density at radius 1 is 1.13 bits per heavy atom. The van der Waals surface area contributed by atoms with Crippen molar-refractivity contribution < 1.29 is 36.2 Å². The van der Waals surface area contributed by atoms with Gasteiger partial charge in [-0.15, -0.1) is 0 Å². The molecule has 1 amide bonds. The Labute approximate surface area is 179 Å². The van der Waals surface area contributed by atoms with Gasteiger partial charge in [-0.05, 0) is 35.9 Å². The van der Waals surface area contributed by atoms with Gasteiger partial charge in [0, 0.05) is 32.8 Å². The van der Waals surface area contributed by atoms with Crippen molar-refractivity contribution in [3.05, 3.63) is 53.6 Å². The van der Waals surface area contributed by atoms with Crippen LogP contribution in [0.2, 0.25) is 0 Å². The zero-order valence-corrected chi connectivity index (χ0v) is 18.1. The minimum absolute atomic E-state index is 0.0127. The van der Waals surface area contributed by atoms with Crippen molar-refractivity contribution in [2.24, 2.45) is 0 Å². The molecule has 0 aliphatic rings. The maximum atomic E-state index is 12.8. The van der Waals surface area contributed by atoms with Crippen molar-refractivity contribution in [2.75, 3.05) is 34.4 Å². The van der Waals surface area contributed by atoms with Crippen molar-refractivity contribution in [1.29, 1.82) is 0 Å². The van der Waals surface area contributed by atoms with Crippen LogP contribution in [0.4, 0.5) is 8.78 Å². The van der Waals surface area contributed by atoms with E-state index in [1.165, 1.54) is 49.5 Å². The lowest BCUT2D eigenvalue weighted by Crippen LogP contribution is -2.29. The predicted octanol–water partition coefficient (Wildman–Crippen LogP) is 2.49. The Bertz CT molecular complexity index is 984. The second kappa shape index (κ2) is 11.0. The van der Waals surface area contributed by atoms with Gasteiger partial charge in [-0.25, -0.2) is 13.1 Å². The SMILES string of the molecule is COCCNS(=O)(=O)c1cc(C(=O)N(C)Cc2ccc(OC(F)F)cc2)ccc1OC. The average molecular weight is 458 g/mol. The molecule has 0 spiro atoms. The highest BCUT2D eigenvalue weighted by Gasteiger charge is 2.22. The van der Waals surface area contributed by atoms with Crippen LogP contribution in [-0.2, 0) is 21.3 Å². The topological polar surface area (TPSA) is 94.2 Å². The fourth-order valence-electron chi connectivity index (χ4n) is 2.72. The quantitative estimate of drug-likeness (QED) is 0.520. The number of benzene rings is 2. The molecule has 0 bridgehead atoms. The maximum Gasteiger partial charge on any atom is 0.387 e. The number of nitrogens with one attached hydrogen (secondary N) is 1. The molecule has 0 unspecified atom stereocenters. The molecular weight excluding hydrogens is 434 g/mol. The molecule has 0 atom stereocenters. The average Bonchev–Trinajstić information content (AvgIpc) is 2.73. The van der Waals surface area contributed by atoms with Crippen LogP contribution >= 0.6 is 0 Å². The molecule has 31 heavy (non-hydrogen) atoms. The van der Waals surface area contributed by atoms with Gasteiger partial charge in [-0.3, -0.25) is 4.79 Å².